The van der Waals surface area contributed by atoms with Crippen LogP contribution in [0.15, 0.2) is 24.3 Å². The van der Waals surface area contributed by atoms with Crippen LogP contribution >= 0.6 is 22.6 Å². The number of nitrogens with two attached hydrogens (primary N) is 1. The molecule has 2 heteroatoms. The first kappa shape index (κ1) is 12.0. The lowest BCUT2D eigenvalue weighted by molar-refractivity contribution is 0.339. The Bertz CT molecular complexity index is 277. The second kappa shape index (κ2) is 5.12. The standard InChI is InChI=1S/C12H18IN/c1-12(2,7-8-14)9-10-3-5-11(13)6-4-10/h3-6H,7-9,14H2,1-2H3. The minimum Gasteiger partial charge on any atom is -0.330 e. The Balaban J connectivity index is 2.64. The van der Waals surface area contributed by atoms with Crippen LogP contribution in [0.1, 0.15) is 25.8 Å². The fraction of sp³-hybridized carbons (Fsp3) is 0.500. The van der Waals surface area contributed by atoms with Crippen molar-refractivity contribution in [1.82, 2.24) is 0 Å². The molecule has 1 rings (SSSR count). The van der Waals surface area contributed by atoms with E-state index in [4.69, 9.17) is 5.73 Å². The molecule has 1 aromatic rings. The van der Waals surface area contributed by atoms with Gasteiger partial charge in [0, 0.05) is 3.57 Å². The first-order chi connectivity index (χ1) is 6.53. The van der Waals surface area contributed by atoms with E-state index in [0.717, 1.165) is 19.4 Å². The molecule has 0 aliphatic carbocycles. The van der Waals surface area contributed by atoms with Crippen molar-refractivity contribution in [2.24, 2.45) is 11.1 Å². The molecule has 0 aromatic heterocycles. The Labute approximate surface area is 100 Å². The van der Waals surface area contributed by atoms with Gasteiger partial charge in [-0.15, -0.1) is 0 Å². The van der Waals surface area contributed by atoms with Gasteiger partial charge in [0.15, 0.2) is 0 Å². The fourth-order valence-electron chi connectivity index (χ4n) is 1.63. The second-order valence-corrected chi connectivity index (χ2v) is 5.75. The minimum atomic E-state index is 0.321. The third-order valence-corrected chi connectivity index (χ3v) is 3.14. The number of hydrogen-bond acceptors (Lipinski definition) is 1. The normalized spacial score (nSPS) is 11.7. The van der Waals surface area contributed by atoms with Crippen LogP contribution in [-0.4, -0.2) is 6.54 Å². The lowest BCUT2D eigenvalue weighted by Crippen LogP contribution is -2.19. The Morgan fingerprint density at radius 1 is 1.21 bits per heavy atom. The molecule has 0 aliphatic heterocycles. The molecule has 1 nitrogen and oxygen atoms in total. The summed E-state index contributed by atoms with van der Waals surface area (Å²) < 4.78 is 1.29. The SMILES string of the molecule is CC(C)(CCN)Cc1ccc(I)cc1. The van der Waals surface area contributed by atoms with E-state index in [0.29, 0.717) is 5.41 Å². The van der Waals surface area contributed by atoms with Crippen LogP contribution in [0.4, 0.5) is 0 Å². The van der Waals surface area contributed by atoms with Crippen LogP contribution in [0.25, 0.3) is 0 Å². The van der Waals surface area contributed by atoms with E-state index in [1.807, 2.05) is 0 Å². The van der Waals surface area contributed by atoms with E-state index in [2.05, 4.69) is 60.7 Å². The van der Waals surface area contributed by atoms with E-state index in [-0.39, 0.29) is 0 Å². The van der Waals surface area contributed by atoms with E-state index in [1.54, 1.807) is 0 Å². The van der Waals surface area contributed by atoms with Gasteiger partial charge in [-0.2, -0.15) is 0 Å². The zero-order chi connectivity index (χ0) is 10.6. The topological polar surface area (TPSA) is 26.0 Å². The van der Waals surface area contributed by atoms with Gasteiger partial charge in [-0.25, -0.2) is 0 Å². The predicted molar refractivity (Wildman–Crippen MR) is 70.3 cm³/mol. The maximum Gasteiger partial charge on any atom is 0.0130 e. The first-order valence-corrected chi connectivity index (χ1v) is 6.06. The summed E-state index contributed by atoms with van der Waals surface area (Å²) in [5.41, 5.74) is 7.32. The molecule has 0 spiro atoms. The van der Waals surface area contributed by atoms with Gasteiger partial charge in [-0.1, -0.05) is 26.0 Å². The smallest absolute Gasteiger partial charge is 0.0130 e. The molecule has 0 atom stereocenters. The van der Waals surface area contributed by atoms with Gasteiger partial charge in [0.2, 0.25) is 0 Å². The Kier molecular flexibility index (Phi) is 4.38. The van der Waals surface area contributed by atoms with Crippen molar-refractivity contribution in [1.29, 1.82) is 0 Å². The monoisotopic (exact) mass is 303 g/mol. The Morgan fingerprint density at radius 2 is 1.79 bits per heavy atom. The summed E-state index contributed by atoms with van der Waals surface area (Å²) in [5, 5.41) is 0. The molecule has 0 amide bonds. The Hall–Kier alpha value is -0.0900. The van der Waals surface area contributed by atoms with Crippen LogP contribution in [0.3, 0.4) is 0 Å². The van der Waals surface area contributed by atoms with Crippen LogP contribution in [-0.2, 0) is 6.42 Å². The number of halogens is 1. The van der Waals surface area contributed by atoms with Crippen molar-refractivity contribution in [3.8, 4) is 0 Å². The van der Waals surface area contributed by atoms with E-state index >= 15 is 0 Å². The molecule has 0 aliphatic rings. The van der Waals surface area contributed by atoms with Crippen molar-refractivity contribution < 1.29 is 0 Å². The van der Waals surface area contributed by atoms with E-state index in [9.17, 15) is 0 Å². The van der Waals surface area contributed by atoms with Crippen molar-refractivity contribution in [2.45, 2.75) is 26.7 Å². The average Bonchev–Trinajstić information content (AvgIpc) is 2.08. The third kappa shape index (κ3) is 3.96. The van der Waals surface area contributed by atoms with Crippen LogP contribution < -0.4 is 5.73 Å². The largest absolute Gasteiger partial charge is 0.330 e. The number of rotatable bonds is 4. The summed E-state index contributed by atoms with van der Waals surface area (Å²) in [4.78, 5) is 0. The molecular weight excluding hydrogens is 285 g/mol. The lowest BCUT2D eigenvalue weighted by atomic mass is 9.83. The molecule has 2 N–H and O–H groups in total. The third-order valence-electron chi connectivity index (χ3n) is 2.42. The molecule has 0 fully saturated rings. The Morgan fingerprint density at radius 3 is 2.29 bits per heavy atom. The first-order valence-electron chi connectivity index (χ1n) is 4.98. The van der Waals surface area contributed by atoms with Gasteiger partial charge >= 0.3 is 0 Å². The molecule has 1 aromatic carbocycles. The average molecular weight is 303 g/mol. The quantitative estimate of drug-likeness (QED) is 0.849. The highest BCUT2D eigenvalue weighted by atomic mass is 127. The minimum absolute atomic E-state index is 0.321. The van der Waals surface area contributed by atoms with Gasteiger partial charge in [-0.3, -0.25) is 0 Å². The predicted octanol–water partition coefficient (Wildman–Crippen LogP) is 3.21. The molecule has 0 heterocycles. The number of benzene rings is 1. The molecular formula is C12H18IN. The van der Waals surface area contributed by atoms with Crippen molar-refractivity contribution in [3.63, 3.8) is 0 Å². The number of hydrogen-bond donors (Lipinski definition) is 1. The van der Waals surface area contributed by atoms with Gasteiger partial charge < -0.3 is 5.73 Å². The highest BCUT2D eigenvalue weighted by Crippen LogP contribution is 2.25. The summed E-state index contributed by atoms with van der Waals surface area (Å²) in [6.07, 6.45) is 2.19. The van der Waals surface area contributed by atoms with Gasteiger partial charge in [-0.05, 0) is 65.1 Å². The molecule has 14 heavy (non-hydrogen) atoms. The van der Waals surface area contributed by atoms with Gasteiger partial charge in [0.05, 0.1) is 0 Å². The maximum atomic E-state index is 5.59. The molecule has 0 saturated carbocycles. The lowest BCUT2D eigenvalue weighted by Gasteiger charge is -2.23. The van der Waals surface area contributed by atoms with E-state index in [1.165, 1.54) is 9.13 Å². The van der Waals surface area contributed by atoms with Crippen molar-refractivity contribution in [2.75, 3.05) is 6.54 Å². The molecule has 0 bridgehead atoms. The van der Waals surface area contributed by atoms with Crippen LogP contribution in [0.2, 0.25) is 0 Å². The van der Waals surface area contributed by atoms with Crippen molar-refractivity contribution >= 4 is 22.6 Å². The highest BCUT2D eigenvalue weighted by molar-refractivity contribution is 14.1. The van der Waals surface area contributed by atoms with Gasteiger partial charge in [0.1, 0.15) is 0 Å². The van der Waals surface area contributed by atoms with Crippen LogP contribution in [0.5, 0.6) is 0 Å². The summed E-state index contributed by atoms with van der Waals surface area (Å²) in [5.74, 6) is 0. The molecule has 0 saturated heterocycles. The summed E-state index contributed by atoms with van der Waals surface area (Å²) in [6, 6.07) is 8.74. The van der Waals surface area contributed by atoms with Gasteiger partial charge in [0.25, 0.3) is 0 Å². The maximum absolute atomic E-state index is 5.59. The zero-order valence-corrected chi connectivity index (χ0v) is 11.0. The summed E-state index contributed by atoms with van der Waals surface area (Å²) in [7, 11) is 0. The highest BCUT2D eigenvalue weighted by Gasteiger charge is 2.16. The molecule has 0 unspecified atom stereocenters. The second-order valence-electron chi connectivity index (χ2n) is 4.51. The fourth-order valence-corrected chi connectivity index (χ4v) is 1.99. The van der Waals surface area contributed by atoms with E-state index < -0.39 is 0 Å². The summed E-state index contributed by atoms with van der Waals surface area (Å²) in [6.45, 7) is 5.33. The molecule has 78 valence electrons. The molecule has 0 radical (unpaired) electrons. The summed E-state index contributed by atoms with van der Waals surface area (Å²) >= 11 is 2.33. The van der Waals surface area contributed by atoms with Crippen molar-refractivity contribution in [3.05, 3.63) is 33.4 Å². The van der Waals surface area contributed by atoms with Crippen LogP contribution in [0, 0.1) is 8.99 Å². The zero-order valence-electron chi connectivity index (χ0n) is 8.89.